The number of piperazine rings is 1. The van der Waals surface area contributed by atoms with Crippen LogP contribution >= 0.6 is 9.24 Å². The monoisotopic (exact) mass is 575 g/mol. The normalized spacial score (nSPS) is 18.1. The predicted molar refractivity (Wildman–Crippen MR) is 168 cm³/mol. The highest BCUT2D eigenvalue weighted by atomic mass is 32.2. The molecule has 0 saturated carbocycles. The van der Waals surface area contributed by atoms with Gasteiger partial charge in [0.2, 0.25) is 0 Å². The number of ether oxygens (including phenoxy) is 1. The average molecular weight is 576 g/mol. The maximum absolute atomic E-state index is 13.4. The molecule has 1 saturated heterocycles. The molecule has 8 nitrogen and oxygen atoms in total. The number of benzene rings is 1. The van der Waals surface area contributed by atoms with Gasteiger partial charge in [-0.25, -0.2) is 0 Å². The lowest BCUT2D eigenvalue weighted by molar-refractivity contribution is 0.0638. The molecule has 3 unspecified atom stereocenters. The van der Waals surface area contributed by atoms with Crippen molar-refractivity contribution in [1.82, 2.24) is 9.80 Å². The lowest BCUT2D eigenvalue weighted by Gasteiger charge is -2.35. The third-order valence-electron chi connectivity index (χ3n) is 6.44. The molecule has 1 amide bonds. The van der Waals surface area contributed by atoms with Crippen LogP contribution in [0.1, 0.15) is 64.7 Å². The van der Waals surface area contributed by atoms with E-state index in [2.05, 4.69) is 55.7 Å². The summed E-state index contributed by atoms with van der Waals surface area (Å²) in [6.45, 7) is 19.3. The second kappa shape index (κ2) is 15.6. The van der Waals surface area contributed by atoms with E-state index in [0.717, 1.165) is 26.1 Å². The minimum absolute atomic E-state index is 0.0650. The van der Waals surface area contributed by atoms with Crippen LogP contribution in [-0.2, 0) is 11.4 Å². The van der Waals surface area contributed by atoms with E-state index in [9.17, 15) is 9.35 Å². The minimum Gasteiger partial charge on any atom is -0.588 e. The lowest BCUT2D eigenvalue weighted by Crippen LogP contribution is -2.48. The van der Waals surface area contributed by atoms with E-state index in [1.165, 1.54) is 5.57 Å². The van der Waals surface area contributed by atoms with Crippen LogP contribution < -0.4 is 15.2 Å². The van der Waals surface area contributed by atoms with Gasteiger partial charge in [0.1, 0.15) is 17.0 Å². The Kier molecular flexibility index (Phi) is 13.2. The molecule has 0 aliphatic carbocycles. The topological polar surface area (TPSA) is 106 Å². The maximum atomic E-state index is 13.4. The number of aliphatic imine (C=N–C) groups is 1. The quantitative estimate of drug-likeness (QED) is 0.109. The fourth-order valence-electron chi connectivity index (χ4n) is 4.40. The third kappa shape index (κ3) is 10.1. The number of nitrogens with two attached hydrogens (primary N) is 1. The zero-order valence-corrected chi connectivity index (χ0v) is 26.3. The number of hydrogen-bond acceptors (Lipinski definition) is 7. The molecular formula is C29H46N5O3PS. The van der Waals surface area contributed by atoms with E-state index in [1.54, 1.807) is 25.1 Å². The van der Waals surface area contributed by atoms with E-state index >= 15 is 0 Å². The summed E-state index contributed by atoms with van der Waals surface area (Å²) >= 11 is -1.57. The molecule has 1 aliphatic heterocycles. The molecule has 1 aliphatic rings. The number of nitrogens with zero attached hydrogens (tertiary/aromatic N) is 3. The van der Waals surface area contributed by atoms with Gasteiger partial charge < -0.3 is 14.2 Å². The summed E-state index contributed by atoms with van der Waals surface area (Å²) in [5.41, 5.74) is 8.04. The van der Waals surface area contributed by atoms with Gasteiger partial charge in [-0.1, -0.05) is 53.8 Å². The van der Waals surface area contributed by atoms with Gasteiger partial charge in [-0.15, -0.1) is 0 Å². The number of nitrogens with one attached hydrogen (secondary N) is 1. The Morgan fingerprint density at radius 1 is 1.33 bits per heavy atom. The molecule has 0 radical (unpaired) electrons. The largest absolute Gasteiger partial charge is 0.588 e. The number of rotatable bonds is 13. The van der Waals surface area contributed by atoms with Crippen molar-refractivity contribution in [3.63, 3.8) is 0 Å². The molecule has 10 heteroatoms. The smallest absolute Gasteiger partial charge is 0.254 e. The SMILES string of the molecule is C=N/C(=C(/CC)[S+]([O-])Nc1ccc(C(=O)N2CCN(CCC(/C=C\C)=C/C)CC2)cc1OC(C)(N)P)C(C)C. The van der Waals surface area contributed by atoms with Crippen LogP contribution in [0.25, 0.3) is 0 Å². The molecule has 1 aromatic rings. The highest BCUT2D eigenvalue weighted by molar-refractivity contribution is 7.96. The van der Waals surface area contributed by atoms with Gasteiger partial charge in [0, 0.05) is 50.6 Å². The number of hydrogen-bond donors (Lipinski definition) is 2. The Hall–Kier alpha value is -2.16. The molecule has 2 rings (SSSR count). The summed E-state index contributed by atoms with van der Waals surface area (Å²) in [7, 11) is 2.43. The van der Waals surface area contributed by atoms with Gasteiger partial charge in [-0.3, -0.25) is 20.4 Å². The van der Waals surface area contributed by atoms with Crippen LogP contribution in [0.5, 0.6) is 5.75 Å². The van der Waals surface area contributed by atoms with E-state index < -0.39 is 16.8 Å². The third-order valence-corrected chi connectivity index (χ3v) is 7.91. The summed E-state index contributed by atoms with van der Waals surface area (Å²) in [5, 5.41) is 0. The van der Waals surface area contributed by atoms with Crippen LogP contribution in [0.15, 0.2) is 57.6 Å². The second-order valence-corrected chi connectivity index (χ2v) is 12.5. The highest BCUT2D eigenvalue weighted by Gasteiger charge is 2.27. The van der Waals surface area contributed by atoms with Gasteiger partial charge in [-0.2, -0.15) is 4.72 Å². The summed E-state index contributed by atoms with van der Waals surface area (Å²) in [5.74, 6) is 0.366. The molecule has 3 atom stereocenters. The predicted octanol–water partition coefficient (Wildman–Crippen LogP) is 5.30. The number of anilines is 1. The van der Waals surface area contributed by atoms with Crippen LogP contribution in [0.4, 0.5) is 5.69 Å². The molecule has 1 heterocycles. The molecule has 1 aromatic carbocycles. The van der Waals surface area contributed by atoms with Crippen molar-refractivity contribution in [3.05, 3.63) is 58.2 Å². The van der Waals surface area contributed by atoms with Crippen LogP contribution in [0.2, 0.25) is 0 Å². The van der Waals surface area contributed by atoms with Crippen LogP contribution in [-0.4, -0.2) is 65.2 Å². The van der Waals surface area contributed by atoms with Crippen molar-refractivity contribution in [3.8, 4) is 5.75 Å². The molecular weight excluding hydrogens is 529 g/mol. The van der Waals surface area contributed by atoms with Gasteiger partial charge >= 0.3 is 0 Å². The van der Waals surface area contributed by atoms with Crippen molar-refractivity contribution in [1.29, 1.82) is 0 Å². The summed E-state index contributed by atoms with van der Waals surface area (Å²) in [6.07, 6.45) is 7.90. The minimum atomic E-state index is -1.57. The van der Waals surface area contributed by atoms with Crippen molar-refractivity contribution in [2.75, 3.05) is 37.4 Å². The van der Waals surface area contributed by atoms with Crippen molar-refractivity contribution >= 4 is 38.9 Å². The van der Waals surface area contributed by atoms with Gasteiger partial charge in [0.25, 0.3) is 5.91 Å². The molecule has 1 fully saturated rings. The number of allylic oxidation sites excluding steroid dienone is 5. The van der Waals surface area contributed by atoms with Gasteiger partial charge in [0.15, 0.2) is 16.1 Å². The zero-order valence-electron chi connectivity index (χ0n) is 24.3. The fraction of sp³-hybridized carbons (Fsp3) is 0.517. The average Bonchev–Trinajstić information content (AvgIpc) is 2.89. The molecule has 216 valence electrons. The van der Waals surface area contributed by atoms with Crippen molar-refractivity contribution < 1.29 is 14.1 Å². The lowest BCUT2D eigenvalue weighted by atomic mass is 10.1. The van der Waals surface area contributed by atoms with E-state index in [0.29, 0.717) is 47.1 Å². The number of carbonyl (C=O) groups excluding carboxylic acids is 1. The molecule has 3 N–H and O–H groups in total. The molecule has 0 aromatic heterocycles. The van der Waals surface area contributed by atoms with Gasteiger partial charge in [0.05, 0.1) is 5.70 Å². The van der Waals surface area contributed by atoms with Crippen molar-refractivity contribution in [2.24, 2.45) is 16.6 Å². The second-order valence-electron chi connectivity index (χ2n) is 10.1. The first-order chi connectivity index (χ1) is 18.4. The maximum Gasteiger partial charge on any atom is 0.254 e. The highest BCUT2D eigenvalue weighted by Crippen LogP contribution is 2.33. The zero-order chi connectivity index (χ0) is 29.2. The molecule has 0 bridgehead atoms. The summed E-state index contributed by atoms with van der Waals surface area (Å²) in [4.78, 5) is 22.4. The Labute approximate surface area is 240 Å². The Morgan fingerprint density at radius 2 is 2.00 bits per heavy atom. The Morgan fingerprint density at radius 3 is 2.51 bits per heavy atom. The van der Waals surface area contributed by atoms with E-state index in [4.69, 9.17) is 10.5 Å². The van der Waals surface area contributed by atoms with E-state index in [1.807, 2.05) is 32.6 Å². The standard InChI is InChI=1S/C29H46N5O3PS/c1-8-11-22(9-2)14-15-33-16-18-34(19-17-33)28(35)23-12-13-24(25(20-23)37-29(6,30)38)32-39(36)26(10-3)27(31-7)21(4)5/h8-9,11-13,20-21,32H,7,10,14-19,30,38H2,1-6H3/b11-8-,22-9+,27-26-. The Bertz CT molecular complexity index is 1070. The summed E-state index contributed by atoms with van der Waals surface area (Å²) in [6, 6.07) is 5.12. The number of amides is 1. The first kappa shape index (κ1) is 33.0. The van der Waals surface area contributed by atoms with Crippen LogP contribution in [0, 0.1) is 5.92 Å². The summed E-state index contributed by atoms with van der Waals surface area (Å²) < 4.78 is 22.3. The van der Waals surface area contributed by atoms with Gasteiger partial charge in [-0.05, 0) is 52.1 Å². The molecule has 0 spiro atoms. The van der Waals surface area contributed by atoms with Crippen molar-refractivity contribution in [2.45, 2.75) is 59.9 Å². The Balaban J connectivity index is 2.19. The first-order valence-corrected chi connectivity index (χ1v) is 15.2. The molecule has 39 heavy (non-hydrogen) atoms. The fourth-order valence-corrected chi connectivity index (χ4v) is 5.78. The number of carbonyl (C=O) groups is 1. The first-order valence-electron chi connectivity index (χ1n) is 13.5. The van der Waals surface area contributed by atoms with E-state index in [-0.39, 0.29) is 11.8 Å². The van der Waals surface area contributed by atoms with Crippen LogP contribution in [0.3, 0.4) is 0 Å².